The second-order valence-corrected chi connectivity index (χ2v) is 8.38. The third-order valence-corrected chi connectivity index (χ3v) is 5.75. The average molecular weight is 422 g/mol. The summed E-state index contributed by atoms with van der Waals surface area (Å²) in [4.78, 5) is 27.3. The summed E-state index contributed by atoms with van der Waals surface area (Å²) in [5.41, 5.74) is 2.84. The minimum absolute atomic E-state index is 0.0123. The van der Waals surface area contributed by atoms with Gasteiger partial charge in [0.2, 0.25) is 5.91 Å². The van der Waals surface area contributed by atoms with Crippen LogP contribution in [0.2, 0.25) is 0 Å². The number of nitrogens with one attached hydrogen (secondary N) is 2. The summed E-state index contributed by atoms with van der Waals surface area (Å²) in [7, 11) is 0. The van der Waals surface area contributed by atoms with Crippen LogP contribution < -0.4 is 10.6 Å². The van der Waals surface area contributed by atoms with Crippen molar-refractivity contribution >= 4 is 11.8 Å². The second-order valence-electron chi connectivity index (χ2n) is 8.38. The lowest BCUT2D eigenvalue weighted by Crippen LogP contribution is -2.39. The fourth-order valence-corrected chi connectivity index (χ4v) is 3.85. The Kier molecular flexibility index (Phi) is 8.65. The minimum atomic E-state index is -0.0323. The number of unbranched alkanes of at least 4 members (excludes halogenated alkanes) is 1. The van der Waals surface area contributed by atoms with E-state index in [1.165, 1.54) is 5.56 Å². The van der Waals surface area contributed by atoms with Gasteiger partial charge in [0.1, 0.15) is 0 Å². The van der Waals surface area contributed by atoms with Crippen molar-refractivity contribution in [1.29, 1.82) is 0 Å². The van der Waals surface area contributed by atoms with E-state index in [1.807, 2.05) is 30.3 Å². The van der Waals surface area contributed by atoms with Crippen LogP contribution in [0.15, 0.2) is 54.6 Å². The summed E-state index contributed by atoms with van der Waals surface area (Å²) in [6, 6.07) is 18.5. The van der Waals surface area contributed by atoms with E-state index in [-0.39, 0.29) is 17.9 Å². The van der Waals surface area contributed by atoms with Crippen molar-refractivity contribution in [2.45, 2.75) is 64.6 Å². The molecule has 1 unspecified atom stereocenters. The number of rotatable bonds is 12. The van der Waals surface area contributed by atoms with Gasteiger partial charge in [0.15, 0.2) is 0 Å². The van der Waals surface area contributed by atoms with E-state index in [9.17, 15) is 9.59 Å². The van der Waals surface area contributed by atoms with E-state index in [0.29, 0.717) is 24.7 Å². The highest BCUT2D eigenvalue weighted by molar-refractivity contribution is 5.94. The van der Waals surface area contributed by atoms with Crippen LogP contribution in [0.3, 0.4) is 0 Å². The zero-order valence-corrected chi connectivity index (χ0v) is 18.8. The lowest BCUT2D eigenvalue weighted by atomic mass is 10.0. The van der Waals surface area contributed by atoms with E-state index in [4.69, 9.17) is 0 Å². The molecule has 3 rings (SSSR count). The number of nitrogens with zero attached hydrogens (tertiary/aromatic N) is 1. The van der Waals surface area contributed by atoms with Gasteiger partial charge in [-0.1, -0.05) is 62.7 Å². The third-order valence-electron chi connectivity index (χ3n) is 5.75. The fraction of sp³-hybridized carbons (Fsp3) is 0.462. The standard InChI is InChI=1S/C26H35N3O2/c1-3-5-16-29(24(4-2)21-11-7-6-8-12-21)19-25(30)27-18-20-10-9-13-22(17-20)26(31)28-23-14-15-23/h6-13,17,23-24H,3-5,14-16,18-19H2,1-2H3,(H,27,30)(H,28,31). The van der Waals surface area contributed by atoms with Gasteiger partial charge in [0.25, 0.3) is 5.91 Å². The molecule has 0 aliphatic heterocycles. The van der Waals surface area contributed by atoms with Crippen molar-refractivity contribution in [2.24, 2.45) is 0 Å². The maximum Gasteiger partial charge on any atom is 0.251 e. The van der Waals surface area contributed by atoms with Crippen molar-refractivity contribution in [1.82, 2.24) is 15.5 Å². The van der Waals surface area contributed by atoms with Gasteiger partial charge in [-0.15, -0.1) is 0 Å². The Hall–Kier alpha value is -2.66. The second kappa shape index (κ2) is 11.7. The Morgan fingerprint density at radius 2 is 1.84 bits per heavy atom. The van der Waals surface area contributed by atoms with Gasteiger partial charge in [-0.2, -0.15) is 0 Å². The van der Waals surface area contributed by atoms with Crippen LogP contribution in [-0.2, 0) is 11.3 Å². The summed E-state index contributed by atoms with van der Waals surface area (Å²) in [5, 5.41) is 6.05. The Morgan fingerprint density at radius 1 is 1.06 bits per heavy atom. The van der Waals surface area contributed by atoms with Gasteiger partial charge in [0, 0.05) is 24.2 Å². The first kappa shape index (κ1) is 23.0. The number of amides is 2. The van der Waals surface area contributed by atoms with E-state index in [1.54, 1.807) is 0 Å². The maximum atomic E-state index is 12.8. The van der Waals surface area contributed by atoms with Crippen molar-refractivity contribution in [3.05, 3.63) is 71.3 Å². The molecular formula is C26H35N3O2. The topological polar surface area (TPSA) is 61.4 Å². The molecule has 2 N–H and O–H groups in total. The molecule has 0 heterocycles. The molecule has 1 saturated carbocycles. The molecule has 0 bridgehead atoms. The molecule has 1 aliphatic carbocycles. The quantitative estimate of drug-likeness (QED) is 0.532. The molecule has 2 amide bonds. The molecule has 0 aromatic heterocycles. The van der Waals surface area contributed by atoms with Crippen LogP contribution in [0.1, 0.15) is 73.5 Å². The highest BCUT2D eigenvalue weighted by Gasteiger charge is 2.24. The number of benzene rings is 2. The normalized spacial score (nSPS) is 14.3. The smallest absolute Gasteiger partial charge is 0.251 e. The van der Waals surface area contributed by atoms with Gasteiger partial charge in [-0.05, 0) is 55.5 Å². The van der Waals surface area contributed by atoms with Crippen LogP contribution in [0, 0.1) is 0 Å². The zero-order chi connectivity index (χ0) is 22.1. The molecule has 5 nitrogen and oxygen atoms in total. The Balaban J connectivity index is 1.58. The van der Waals surface area contributed by atoms with Crippen LogP contribution in [0.5, 0.6) is 0 Å². The molecule has 2 aromatic carbocycles. The molecule has 0 spiro atoms. The van der Waals surface area contributed by atoms with E-state index >= 15 is 0 Å². The fourth-order valence-electron chi connectivity index (χ4n) is 3.85. The predicted octanol–water partition coefficient (Wildman–Crippen LogP) is 4.45. The molecule has 31 heavy (non-hydrogen) atoms. The van der Waals surface area contributed by atoms with E-state index in [2.05, 4.69) is 53.6 Å². The molecule has 1 atom stereocenters. The molecular weight excluding hydrogens is 386 g/mol. The van der Waals surface area contributed by atoms with Gasteiger partial charge >= 0.3 is 0 Å². The van der Waals surface area contributed by atoms with Crippen LogP contribution in [-0.4, -0.2) is 35.8 Å². The van der Waals surface area contributed by atoms with Crippen molar-refractivity contribution < 1.29 is 9.59 Å². The van der Waals surface area contributed by atoms with Crippen molar-refractivity contribution in [2.75, 3.05) is 13.1 Å². The summed E-state index contributed by atoms with van der Waals surface area (Å²) in [6.07, 6.45) is 5.25. The predicted molar refractivity (Wildman–Crippen MR) is 125 cm³/mol. The molecule has 0 radical (unpaired) electrons. The SMILES string of the molecule is CCCCN(CC(=O)NCc1cccc(C(=O)NC2CC2)c1)C(CC)c1ccccc1. The van der Waals surface area contributed by atoms with Crippen LogP contribution in [0.4, 0.5) is 0 Å². The molecule has 2 aromatic rings. The Labute approximate surface area is 186 Å². The van der Waals surface area contributed by atoms with Gasteiger partial charge < -0.3 is 10.6 Å². The highest BCUT2D eigenvalue weighted by atomic mass is 16.2. The van der Waals surface area contributed by atoms with Gasteiger partial charge in [-0.3, -0.25) is 14.5 Å². The van der Waals surface area contributed by atoms with Gasteiger partial charge in [0.05, 0.1) is 6.54 Å². The number of carbonyl (C=O) groups excluding carboxylic acids is 2. The molecule has 1 aliphatic rings. The average Bonchev–Trinajstić information content (AvgIpc) is 3.61. The van der Waals surface area contributed by atoms with Gasteiger partial charge in [-0.25, -0.2) is 0 Å². The third kappa shape index (κ3) is 7.21. The summed E-state index contributed by atoms with van der Waals surface area (Å²) >= 11 is 0. The van der Waals surface area contributed by atoms with E-state index < -0.39 is 0 Å². The number of carbonyl (C=O) groups is 2. The lowest BCUT2D eigenvalue weighted by Gasteiger charge is -2.31. The molecule has 0 saturated heterocycles. The lowest BCUT2D eigenvalue weighted by molar-refractivity contribution is -0.123. The Morgan fingerprint density at radius 3 is 2.52 bits per heavy atom. The molecule has 1 fully saturated rings. The minimum Gasteiger partial charge on any atom is -0.351 e. The van der Waals surface area contributed by atoms with Crippen LogP contribution in [0.25, 0.3) is 0 Å². The van der Waals surface area contributed by atoms with Crippen molar-refractivity contribution in [3.8, 4) is 0 Å². The first-order valence-electron chi connectivity index (χ1n) is 11.6. The zero-order valence-electron chi connectivity index (χ0n) is 18.8. The molecule has 5 heteroatoms. The first-order valence-corrected chi connectivity index (χ1v) is 11.6. The summed E-state index contributed by atoms with van der Waals surface area (Å²) in [5.74, 6) is -0.0200. The Bertz CT molecular complexity index is 849. The number of hydrogen-bond donors (Lipinski definition) is 2. The first-order chi connectivity index (χ1) is 15.1. The summed E-state index contributed by atoms with van der Waals surface area (Å²) in [6.45, 7) is 6.04. The van der Waals surface area contributed by atoms with E-state index in [0.717, 1.165) is 44.2 Å². The largest absolute Gasteiger partial charge is 0.351 e. The van der Waals surface area contributed by atoms with Crippen LogP contribution >= 0.6 is 0 Å². The summed E-state index contributed by atoms with van der Waals surface area (Å²) < 4.78 is 0. The number of hydrogen-bond acceptors (Lipinski definition) is 3. The monoisotopic (exact) mass is 421 g/mol. The highest BCUT2D eigenvalue weighted by Crippen LogP contribution is 2.24. The molecule has 166 valence electrons. The maximum absolute atomic E-state index is 12.8. The van der Waals surface area contributed by atoms with Crippen molar-refractivity contribution in [3.63, 3.8) is 0 Å².